The Morgan fingerprint density at radius 3 is 2.15 bits per heavy atom. The van der Waals surface area contributed by atoms with Gasteiger partial charge in [0.1, 0.15) is 29.9 Å². The Morgan fingerprint density at radius 2 is 1.52 bits per heavy atom. The first-order valence-electron chi connectivity index (χ1n) is 15.8. The Kier molecular flexibility index (Phi) is 12.6. The van der Waals surface area contributed by atoms with E-state index in [2.05, 4.69) is 5.32 Å². The van der Waals surface area contributed by atoms with E-state index in [1.807, 2.05) is 57.2 Å². The van der Waals surface area contributed by atoms with Crippen molar-refractivity contribution in [2.45, 2.75) is 57.1 Å². The van der Waals surface area contributed by atoms with E-state index in [1.54, 1.807) is 42.5 Å². The van der Waals surface area contributed by atoms with Crippen molar-refractivity contribution in [3.8, 4) is 11.5 Å². The molecule has 0 aromatic heterocycles. The van der Waals surface area contributed by atoms with Crippen LogP contribution in [0.25, 0.3) is 0 Å². The fraction of sp³-hybridized carbons (Fsp3) is 0.297. The normalized spacial score (nSPS) is 12.4. The minimum Gasteiger partial charge on any atom is -0.497 e. The number of amides is 2. The molecular formula is C37H42FN3O6S. The molecular weight excluding hydrogens is 633 g/mol. The van der Waals surface area contributed by atoms with Crippen molar-refractivity contribution in [1.82, 2.24) is 10.2 Å². The number of nitrogens with one attached hydrogen (secondary N) is 1. The van der Waals surface area contributed by atoms with Gasteiger partial charge in [-0.25, -0.2) is 12.8 Å². The molecule has 0 fully saturated rings. The van der Waals surface area contributed by atoms with Crippen molar-refractivity contribution in [2.75, 3.05) is 24.6 Å². The zero-order valence-corrected chi connectivity index (χ0v) is 28.5. The number of carbonyl (C=O) groups is 2. The van der Waals surface area contributed by atoms with Crippen molar-refractivity contribution < 1.29 is 31.9 Å². The summed E-state index contributed by atoms with van der Waals surface area (Å²) in [6, 6.07) is 26.1. The molecule has 0 aliphatic rings. The van der Waals surface area contributed by atoms with Gasteiger partial charge in [0.05, 0.1) is 24.3 Å². The van der Waals surface area contributed by atoms with Gasteiger partial charge in [-0.1, -0.05) is 49.4 Å². The number of sulfonamides is 1. The lowest BCUT2D eigenvalue weighted by Crippen LogP contribution is -2.54. The summed E-state index contributed by atoms with van der Waals surface area (Å²) in [5.41, 5.74) is 1.71. The average molecular weight is 676 g/mol. The van der Waals surface area contributed by atoms with Gasteiger partial charge in [-0.2, -0.15) is 0 Å². The first-order chi connectivity index (χ1) is 23.0. The molecule has 9 nitrogen and oxygen atoms in total. The maximum Gasteiger partial charge on any atom is 0.264 e. The molecule has 2 amide bonds. The molecule has 48 heavy (non-hydrogen) atoms. The fourth-order valence-corrected chi connectivity index (χ4v) is 6.51. The van der Waals surface area contributed by atoms with Crippen LogP contribution >= 0.6 is 0 Å². The van der Waals surface area contributed by atoms with Gasteiger partial charge >= 0.3 is 0 Å². The van der Waals surface area contributed by atoms with E-state index in [0.29, 0.717) is 30.1 Å². The molecule has 0 radical (unpaired) electrons. The molecule has 254 valence electrons. The molecule has 4 aromatic carbocycles. The number of methoxy groups -OCH3 is 1. The summed E-state index contributed by atoms with van der Waals surface area (Å²) < 4.78 is 54.0. The van der Waals surface area contributed by atoms with Crippen LogP contribution < -0.4 is 19.1 Å². The molecule has 0 saturated carbocycles. The topological polar surface area (TPSA) is 105 Å². The van der Waals surface area contributed by atoms with Crippen LogP contribution in [0, 0.1) is 5.82 Å². The minimum absolute atomic E-state index is 0.00479. The molecule has 2 atom stereocenters. The predicted octanol–water partition coefficient (Wildman–Crippen LogP) is 5.98. The van der Waals surface area contributed by atoms with E-state index >= 15 is 0 Å². The number of benzene rings is 4. The number of halogens is 1. The van der Waals surface area contributed by atoms with Gasteiger partial charge in [0.25, 0.3) is 10.0 Å². The van der Waals surface area contributed by atoms with Crippen molar-refractivity contribution in [3.63, 3.8) is 0 Å². The molecule has 0 spiro atoms. The smallest absolute Gasteiger partial charge is 0.264 e. The molecule has 0 saturated heterocycles. The Bertz CT molecular complexity index is 1750. The van der Waals surface area contributed by atoms with Crippen molar-refractivity contribution in [3.05, 3.63) is 120 Å². The third-order valence-electron chi connectivity index (χ3n) is 7.88. The summed E-state index contributed by atoms with van der Waals surface area (Å²) in [6.45, 7) is 5.43. The zero-order chi connectivity index (χ0) is 34.7. The van der Waals surface area contributed by atoms with Crippen LogP contribution in [0.5, 0.6) is 11.5 Å². The average Bonchev–Trinajstić information content (AvgIpc) is 3.09. The highest BCUT2D eigenvalue weighted by Crippen LogP contribution is 2.27. The summed E-state index contributed by atoms with van der Waals surface area (Å²) in [5, 5.41) is 3.02. The molecule has 0 aliphatic carbocycles. The van der Waals surface area contributed by atoms with Gasteiger partial charge < -0.3 is 19.7 Å². The monoisotopic (exact) mass is 675 g/mol. The Balaban J connectivity index is 1.82. The molecule has 4 aromatic rings. The van der Waals surface area contributed by atoms with E-state index in [-0.39, 0.29) is 35.5 Å². The first kappa shape index (κ1) is 35.9. The quantitative estimate of drug-likeness (QED) is 0.157. The van der Waals surface area contributed by atoms with Gasteiger partial charge in [-0.3, -0.25) is 13.9 Å². The van der Waals surface area contributed by atoms with Gasteiger partial charge in [-0.05, 0) is 92.1 Å². The van der Waals surface area contributed by atoms with Crippen LogP contribution in [0.1, 0.15) is 38.3 Å². The number of anilines is 1. The van der Waals surface area contributed by atoms with Crippen LogP contribution in [-0.2, 0) is 32.6 Å². The van der Waals surface area contributed by atoms with Crippen LogP contribution in [0.3, 0.4) is 0 Å². The lowest BCUT2D eigenvalue weighted by atomic mass is 10.0. The van der Waals surface area contributed by atoms with Crippen molar-refractivity contribution >= 4 is 27.5 Å². The Morgan fingerprint density at radius 1 is 0.854 bits per heavy atom. The predicted molar refractivity (Wildman–Crippen MR) is 184 cm³/mol. The second kappa shape index (κ2) is 16.8. The molecule has 0 heterocycles. The first-order valence-corrected chi connectivity index (χ1v) is 17.3. The van der Waals surface area contributed by atoms with E-state index in [4.69, 9.17) is 9.47 Å². The highest BCUT2D eigenvalue weighted by atomic mass is 32.2. The maximum atomic E-state index is 14.6. The third kappa shape index (κ3) is 9.34. The van der Waals surface area contributed by atoms with Crippen LogP contribution in [0.4, 0.5) is 10.1 Å². The SMILES string of the molecule is CCOc1ccc(N(CC(=O)N(Cc2cccc(OC)c2)[C@H](Cc2ccccc2)C(=O)N[C@H](C)CC)S(=O)(=O)c2ccc(F)cc2)cc1. The summed E-state index contributed by atoms with van der Waals surface area (Å²) in [4.78, 5) is 29.8. The largest absolute Gasteiger partial charge is 0.497 e. The molecule has 4 rings (SSSR count). The second-order valence-corrected chi connectivity index (χ2v) is 13.2. The molecule has 0 unspecified atom stereocenters. The number of rotatable bonds is 16. The number of nitrogens with zero attached hydrogens (tertiary/aromatic N) is 2. The lowest BCUT2D eigenvalue weighted by molar-refractivity contribution is -0.140. The molecule has 0 bridgehead atoms. The van der Waals surface area contributed by atoms with Crippen molar-refractivity contribution in [2.24, 2.45) is 0 Å². The van der Waals surface area contributed by atoms with Crippen molar-refractivity contribution in [1.29, 1.82) is 0 Å². The summed E-state index contributed by atoms with van der Waals surface area (Å²) in [7, 11) is -2.84. The summed E-state index contributed by atoms with van der Waals surface area (Å²) >= 11 is 0. The van der Waals surface area contributed by atoms with Gasteiger partial charge in [0.2, 0.25) is 11.8 Å². The van der Waals surface area contributed by atoms with E-state index in [9.17, 15) is 22.4 Å². The van der Waals surface area contributed by atoms with E-state index in [1.165, 1.54) is 12.0 Å². The highest BCUT2D eigenvalue weighted by Gasteiger charge is 2.35. The molecule has 11 heteroatoms. The van der Waals surface area contributed by atoms with Gasteiger partial charge in [0, 0.05) is 19.0 Å². The number of ether oxygens (including phenoxy) is 2. The molecule has 1 N–H and O–H groups in total. The number of carbonyl (C=O) groups excluding carboxylic acids is 2. The van der Waals surface area contributed by atoms with Crippen LogP contribution in [-0.4, -0.2) is 57.5 Å². The highest BCUT2D eigenvalue weighted by molar-refractivity contribution is 7.92. The van der Waals surface area contributed by atoms with Crippen LogP contribution in [0.15, 0.2) is 108 Å². The zero-order valence-electron chi connectivity index (χ0n) is 27.6. The van der Waals surface area contributed by atoms with E-state index in [0.717, 1.165) is 34.1 Å². The van der Waals surface area contributed by atoms with E-state index < -0.39 is 34.3 Å². The minimum atomic E-state index is -4.38. The number of hydrogen-bond acceptors (Lipinski definition) is 6. The lowest BCUT2D eigenvalue weighted by Gasteiger charge is -2.34. The third-order valence-corrected chi connectivity index (χ3v) is 9.66. The Labute approximate surface area is 282 Å². The Hall–Kier alpha value is -4.90. The second-order valence-electron chi connectivity index (χ2n) is 11.3. The number of hydrogen-bond donors (Lipinski definition) is 1. The van der Waals surface area contributed by atoms with Gasteiger partial charge in [-0.15, -0.1) is 0 Å². The molecule has 0 aliphatic heterocycles. The van der Waals surface area contributed by atoms with Crippen LogP contribution in [0.2, 0.25) is 0 Å². The maximum absolute atomic E-state index is 14.6. The fourth-order valence-electron chi connectivity index (χ4n) is 5.10. The standard InChI is InChI=1S/C37H42FN3O6S/c1-5-27(3)39-37(43)35(24-28-11-8-7-9-12-28)40(25-29-13-10-14-33(23-29)46-4)36(42)26-41(31-17-19-32(20-18-31)47-6-2)48(44,45)34-21-15-30(38)16-22-34/h7-23,27,35H,5-6,24-26H2,1-4H3,(H,39,43)/t27-,35-/m1/s1. The summed E-state index contributed by atoms with van der Waals surface area (Å²) in [6.07, 6.45) is 0.863. The summed E-state index contributed by atoms with van der Waals surface area (Å²) in [5.74, 6) is -0.483. The van der Waals surface area contributed by atoms with Gasteiger partial charge in [0.15, 0.2) is 0 Å².